The molecule has 1 aromatic heterocycles. The molecule has 0 aliphatic carbocycles. The molecule has 0 radical (unpaired) electrons. The fourth-order valence-electron chi connectivity index (χ4n) is 2.09. The number of carbonyl (C=O) groups is 1. The molecule has 6 nitrogen and oxygen atoms in total. The highest BCUT2D eigenvalue weighted by atomic mass is 16.6. The Morgan fingerprint density at radius 1 is 1.19 bits per heavy atom. The van der Waals surface area contributed by atoms with Crippen LogP contribution >= 0.6 is 0 Å². The third-order valence-electron chi connectivity index (χ3n) is 3.19. The lowest BCUT2D eigenvalue weighted by atomic mass is 10.2. The summed E-state index contributed by atoms with van der Waals surface area (Å²) in [4.78, 5) is 15.4. The number of benzene rings is 1. The number of nitrogens with zero attached hydrogens (tertiary/aromatic N) is 1. The fraction of sp³-hybridized carbons (Fsp3) is 0.200. The average Bonchev–Trinajstić information content (AvgIpc) is 2.74. The van der Waals surface area contributed by atoms with E-state index in [4.69, 9.17) is 9.47 Å². The maximum Gasteiger partial charge on any atom is 0.377 e. The average molecular weight is 287 g/mol. The quantitative estimate of drug-likeness (QED) is 0.838. The van der Waals surface area contributed by atoms with Gasteiger partial charge in [0.05, 0.1) is 12.1 Å². The molecule has 2 N–H and O–H groups in total. The first-order chi connectivity index (χ1) is 10.1. The van der Waals surface area contributed by atoms with Crippen molar-refractivity contribution >= 4 is 16.9 Å². The van der Waals surface area contributed by atoms with Gasteiger partial charge in [0.25, 0.3) is 0 Å². The number of cyclic esters (lactones) is 1. The number of hydrogen-bond donors (Lipinski definition) is 2. The first-order valence-electron chi connectivity index (χ1n) is 6.47. The van der Waals surface area contributed by atoms with Crippen LogP contribution in [0.2, 0.25) is 0 Å². The molecule has 108 valence electrons. The highest BCUT2D eigenvalue weighted by Crippen LogP contribution is 2.22. The van der Waals surface area contributed by atoms with E-state index in [-0.39, 0.29) is 13.0 Å². The Bertz CT molecular complexity index is 725. The lowest BCUT2D eigenvalue weighted by molar-refractivity contribution is -0.142. The number of aromatic nitrogens is 1. The Hall–Kier alpha value is -2.76. The van der Waals surface area contributed by atoms with Gasteiger partial charge >= 0.3 is 5.97 Å². The number of hydrogen-bond acceptors (Lipinski definition) is 6. The van der Waals surface area contributed by atoms with E-state index in [1.54, 1.807) is 6.07 Å². The van der Waals surface area contributed by atoms with Crippen LogP contribution in [0.15, 0.2) is 47.9 Å². The Balaban J connectivity index is 1.61. The number of aliphatic hydroxyl groups is 2. The minimum Gasteiger partial charge on any atom is -0.505 e. The molecule has 1 unspecified atom stereocenters. The van der Waals surface area contributed by atoms with Gasteiger partial charge in [-0.2, -0.15) is 0 Å². The summed E-state index contributed by atoms with van der Waals surface area (Å²) in [5.74, 6) is -1.65. The predicted octanol–water partition coefficient (Wildman–Crippen LogP) is 2.26. The second-order valence-corrected chi connectivity index (χ2v) is 4.61. The van der Waals surface area contributed by atoms with Crippen molar-refractivity contribution in [2.75, 3.05) is 6.61 Å². The number of aliphatic hydroxyl groups excluding tert-OH is 2. The highest BCUT2D eigenvalue weighted by molar-refractivity contribution is 5.89. The van der Waals surface area contributed by atoms with Crippen molar-refractivity contribution in [2.45, 2.75) is 12.5 Å². The Morgan fingerprint density at radius 2 is 2.00 bits per heavy atom. The third kappa shape index (κ3) is 2.60. The summed E-state index contributed by atoms with van der Waals surface area (Å²) < 4.78 is 10.3. The summed E-state index contributed by atoms with van der Waals surface area (Å²) in [5.41, 5.74) is 0.822. The van der Waals surface area contributed by atoms with Gasteiger partial charge in [-0.3, -0.25) is 0 Å². The van der Waals surface area contributed by atoms with Crippen molar-refractivity contribution in [1.82, 2.24) is 4.98 Å². The van der Waals surface area contributed by atoms with Gasteiger partial charge in [-0.15, -0.1) is 0 Å². The molecule has 0 bridgehead atoms. The maximum absolute atomic E-state index is 11.0. The van der Waals surface area contributed by atoms with Crippen LogP contribution in [0.1, 0.15) is 6.42 Å². The Morgan fingerprint density at radius 3 is 2.76 bits per heavy atom. The zero-order valence-corrected chi connectivity index (χ0v) is 11.0. The fourth-order valence-corrected chi connectivity index (χ4v) is 2.09. The molecule has 2 heterocycles. The first-order valence-corrected chi connectivity index (χ1v) is 6.47. The van der Waals surface area contributed by atoms with Gasteiger partial charge in [0.2, 0.25) is 11.6 Å². The standard InChI is InChI=1S/C15H13NO5/c17-13-11(21-15(19)14(13)18)7-8-20-12-6-5-9-3-1-2-4-10(9)16-12/h1-6,11,17-18H,7-8H2. The number of pyridine rings is 1. The number of rotatable bonds is 4. The number of ether oxygens (including phenoxy) is 2. The molecule has 1 aromatic carbocycles. The summed E-state index contributed by atoms with van der Waals surface area (Å²) in [6.45, 7) is 0.195. The largest absolute Gasteiger partial charge is 0.505 e. The van der Waals surface area contributed by atoms with Crippen molar-refractivity contribution in [2.24, 2.45) is 0 Å². The molecule has 0 spiro atoms. The van der Waals surface area contributed by atoms with E-state index in [9.17, 15) is 15.0 Å². The van der Waals surface area contributed by atoms with E-state index in [0.29, 0.717) is 5.88 Å². The van der Waals surface area contributed by atoms with Crippen molar-refractivity contribution < 1.29 is 24.5 Å². The van der Waals surface area contributed by atoms with Gasteiger partial charge in [0.1, 0.15) is 0 Å². The van der Waals surface area contributed by atoms with Crippen LogP contribution in [0.3, 0.4) is 0 Å². The maximum atomic E-state index is 11.0. The molecule has 0 saturated carbocycles. The third-order valence-corrected chi connectivity index (χ3v) is 3.19. The second kappa shape index (κ2) is 5.32. The summed E-state index contributed by atoms with van der Waals surface area (Å²) in [6.07, 6.45) is -0.631. The van der Waals surface area contributed by atoms with Crippen molar-refractivity contribution in [3.05, 3.63) is 47.9 Å². The minimum atomic E-state index is -0.915. The molecule has 0 saturated heterocycles. The van der Waals surface area contributed by atoms with Crippen LogP contribution in [-0.2, 0) is 9.53 Å². The lowest BCUT2D eigenvalue weighted by Gasteiger charge is -2.10. The van der Waals surface area contributed by atoms with E-state index >= 15 is 0 Å². The monoisotopic (exact) mass is 287 g/mol. The van der Waals surface area contributed by atoms with Crippen LogP contribution in [0.25, 0.3) is 10.9 Å². The summed E-state index contributed by atoms with van der Waals surface area (Å²) >= 11 is 0. The molecule has 0 fully saturated rings. The SMILES string of the molecule is O=C1OC(CCOc2ccc3ccccc3n2)C(O)=C1O. The number of esters is 1. The normalized spacial score (nSPS) is 18.1. The molecule has 0 amide bonds. The smallest absolute Gasteiger partial charge is 0.377 e. The minimum absolute atomic E-state index is 0.195. The molecule has 21 heavy (non-hydrogen) atoms. The summed E-state index contributed by atoms with van der Waals surface area (Å²) in [7, 11) is 0. The van der Waals surface area contributed by atoms with Crippen molar-refractivity contribution in [1.29, 1.82) is 0 Å². The number of carbonyl (C=O) groups excluding carboxylic acids is 1. The van der Waals surface area contributed by atoms with Crippen molar-refractivity contribution in [3.8, 4) is 5.88 Å². The highest BCUT2D eigenvalue weighted by Gasteiger charge is 2.34. The van der Waals surface area contributed by atoms with Gasteiger partial charge < -0.3 is 19.7 Å². The van der Waals surface area contributed by atoms with Gasteiger partial charge in [-0.25, -0.2) is 9.78 Å². The van der Waals surface area contributed by atoms with Crippen LogP contribution in [0.5, 0.6) is 5.88 Å². The summed E-state index contributed by atoms with van der Waals surface area (Å²) in [5, 5.41) is 19.7. The van der Waals surface area contributed by atoms with Gasteiger partial charge in [0.15, 0.2) is 11.9 Å². The van der Waals surface area contributed by atoms with E-state index in [1.807, 2.05) is 30.3 Å². The van der Waals surface area contributed by atoms with E-state index in [1.165, 1.54) is 0 Å². The predicted molar refractivity (Wildman–Crippen MR) is 74.0 cm³/mol. The lowest BCUT2D eigenvalue weighted by Crippen LogP contribution is -2.16. The first kappa shape index (κ1) is 13.2. The van der Waals surface area contributed by atoms with Crippen LogP contribution < -0.4 is 4.74 Å². The Kier molecular flexibility index (Phi) is 3.35. The zero-order chi connectivity index (χ0) is 14.8. The molecular weight excluding hydrogens is 274 g/mol. The van der Waals surface area contributed by atoms with E-state index < -0.39 is 23.6 Å². The Labute approximate surface area is 120 Å². The number of para-hydroxylation sites is 1. The molecule has 1 atom stereocenters. The van der Waals surface area contributed by atoms with E-state index in [0.717, 1.165) is 10.9 Å². The van der Waals surface area contributed by atoms with Gasteiger partial charge in [0, 0.05) is 17.9 Å². The van der Waals surface area contributed by atoms with Gasteiger partial charge in [-0.1, -0.05) is 18.2 Å². The number of fused-ring (bicyclic) bond motifs is 1. The van der Waals surface area contributed by atoms with Crippen molar-refractivity contribution in [3.63, 3.8) is 0 Å². The molecular formula is C15H13NO5. The van der Waals surface area contributed by atoms with Gasteiger partial charge in [-0.05, 0) is 12.1 Å². The molecule has 2 aromatic rings. The topological polar surface area (TPSA) is 88.9 Å². The van der Waals surface area contributed by atoms with Crippen LogP contribution in [-0.4, -0.2) is 33.9 Å². The molecule has 6 heteroatoms. The summed E-state index contributed by atoms with van der Waals surface area (Å²) in [6, 6.07) is 11.3. The van der Waals surface area contributed by atoms with Crippen LogP contribution in [0.4, 0.5) is 0 Å². The second-order valence-electron chi connectivity index (χ2n) is 4.61. The van der Waals surface area contributed by atoms with Crippen LogP contribution in [0, 0.1) is 0 Å². The molecule has 1 aliphatic rings. The molecule has 1 aliphatic heterocycles. The zero-order valence-electron chi connectivity index (χ0n) is 11.0. The van der Waals surface area contributed by atoms with E-state index in [2.05, 4.69) is 4.98 Å². The molecule has 3 rings (SSSR count).